The molecule has 25 heavy (non-hydrogen) atoms. The summed E-state index contributed by atoms with van der Waals surface area (Å²) >= 11 is 1.42. The first-order valence-electron chi connectivity index (χ1n) is 8.02. The molecule has 0 aliphatic heterocycles. The molecule has 0 saturated heterocycles. The Bertz CT molecular complexity index is 944. The number of ether oxygens (including phenoxy) is 1. The average Bonchev–Trinajstić information content (AvgIpc) is 3.03. The lowest BCUT2D eigenvalue weighted by atomic mass is 10.1. The van der Waals surface area contributed by atoms with E-state index in [0.717, 1.165) is 22.6 Å². The lowest BCUT2D eigenvalue weighted by Crippen LogP contribution is -2.12. The molecule has 3 N–H and O–H groups in total. The molecule has 0 aliphatic rings. The smallest absolute Gasteiger partial charge is 0.268 e. The fourth-order valence-corrected chi connectivity index (χ4v) is 3.59. The van der Waals surface area contributed by atoms with E-state index in [2.05, 4.69) is 9.97 Å². The summed E-state index contributed by atoms with van der Waals surface area (Å²) < 4.78 is 5.78. The van der Waals surface area contributed by atoms with Gasteiger partial charge in [-0.1, -0.05) is 0 Å². The second-order valence-corrected chi connectivity index (χ2v) is 6.79. The number of amides is 1. The van der Waals surface area contributed by atoms with Crippen LogP contribution in [0.25, 0.3) is 20.7 Å². The predicted octanol–water partition coefficient (Wildman–Crippen LogP) is 2.86. The van der Waals surface area contributed by atoms with Gasteiger partial charge < -0.3 is 15.5 Å². The fraction of sp³-hybridized carbons (Fsp3) is 0.278. The molecule has 1 amide bonds. The zero-order valence-electron chi connectivity index (χ0n) is 13.9. The van der Waals surface area contributed by atoms with Gasteiger partial charge in [-0.25, -0.2) is 4.98 Å². The van der Waals surface area contributed by atoms with Crippen molar-refractivity contribution in [1.82, 2.24) is 9.97 Å². The van der Waals surface area contributed by atoms with Gasteiger partial charge in [0.05, 0.1) is 12.6 Å². The van der Waals surface area contributed by atoms with Crippen molar-refractivity contribution in [3.8, 4) is 16.2 Å². The molecule has 0 aliphatic carbocycles. The summed E-state index contributed by atoms with van der Waals surface area (Å²) in [4.78, 5) is 31.4. The Hall–Kier alpha value is -2.67. The first-order valence-corrected chi connectivity index (χ1v) is 8.84. The summed E-state index contributed by atoms with van der Waals surface area (Å²) in [6.07, 6.45) is 2.42. The lowest BCUT2D eigenvalue weighted by Gasteiger charge is -2.00. The number of nitrogens with one attached hydrogen (secondary N) is 1. The molecule has 0 fully saturated rings. The van der Waals surface area contributed by atoms with Crippen molar-refractivity contribution in [1.29, 1.82) is 0 Å². The van der Waals surface area contributed by atoms with Gasteiger partial charge >= 0.3 is 0 Å². The number of hydrogen-bond donors (Lipinski definition) is 2. The van der Waals surface area contributed by atoms with E-state index in [1.807, 2.05) is 30.3 Å². The zero-order valence-corrected chi connectivity index (χ0v) is 14.7. The summed E-state index contributed by atoms with van der Waals surface area (Å²) in [5.41, 5.74) is 6.72. The first-order chi connectivity index (χ1) is 12.1. The van der Waals surface area contributed by atoms with Crippen molar-refractivity contribution in [2.24, 2.45) is 5.73 Å². The Balaban J connectivity index is 1.83. The molecule has 0 bridgehead atoms. The van der Waals surface area contributed by atoms with Crippen molar-refractivity contribution in [2.45, 2.75) is 25.7 Å². The molecule has 1 aromatic carbocycles. The number of H-pyrrole nitrogens is 1. The van der Waals surface area contributed by atoms with Crippen LogP contribution in [0.4, 0.5) is 0 Å². The van der Waals surface area contributed by atoms with Crippen LogP contribution in [0.5, 0.6) is 5.75 Å². The number of hydrogen-bond acceptors (Lipinski definition) is 5. The number of carbonyl (C=O) groups excluding carboxylic acids is 1. The van der Waals surface area contributed by atoms with Crippen molar-refractivity contribution in [3.05, 3.63) is 46.5 Å². The maximum Gasteiger partial charge on any atom is 0.268 e. The molecule has 2 heterocycles. The Labute approximate surface area is 148 Å². The highest BCUT2D eigenvalue weighted by molar-refractivity contribution is 7.22. The van der Waals surface area contributed by atoms with E-state index in [0.29, 0.717) is 35.3 Å². The third kappa shape index (κ3) is 4.06. The number of aryl methyl sites for hydroxylation is 1. The van der Waals surface area contributed by atoms with Gasteiger partial charge in [0.2, 0.25) is 5.91 Å². The van der Waals surface area contributed by atoms with Crippen LogP contribution in [0, 0.1) is 0 Å². The minimum atomic E-state index is -0.307. The van der Waals surface area contributed by atoms with Crippen molar-refractivity contribution in [3.63, 3.8) is 0 Å². The monoisotopic (exact) mass is 357 g/mol. The van der Waals surface area contributed by atoms with E-state index in [1.54, 1.807) is 7.11 Å². The molecule has 0 atom stereocenters. The Morgan fingerprint density at radius 3 is 2.72 bits per heavy atom. The standard InChI is InChI=1S/C18H19N3O3S/c1-24-12-8-6-11(7-9-12)14-10-13-17(25-14)18(23)21-16(20-13)5-3-2-4-15(19)22/h6-10H,2-5H2,1H3,(H2,19,22)(H,20,21,23). The van der Waals surface area contributed by atoms with Gasteiger partial charge in [-0.3, -0.25) is 9.59 Å². The number of carbonyl (C=O) groups is 1. The molecule has 6 nitrogen and oxygen atoms in total. The van der Waals surface area contributed by atoms with Crippen LogP contribution in [0.2, 0.25) is 0 Å². The van der Waals surface area contributed by atoms with Gasteiger partial charge in [0.25, 0.3) is 5.56 Å². The second kappa shape index (κ2) is 7.48. The van der Waals surface area contributed by atoms with Gasteiger partial charge in [0.15, 0.2) is 0 Å². The van der Waals surface area contributed by atoms with Gasteiger partial charge in [-0.2, -0.15) is 0 Å². The fourth-order valence-electron chi connectivity index (χ4n) is 2.60. The summed E-state index contributed by atoms with van der Waals surface area (Å²) in [7, 11) is 1.63. The average molecular weight is 357 g/mol. The quantitative estimate of drug-likeness (QED) is 0.635. The third-order valence-corrected chi connectivity index (χ3v) is 5.07. The van der Waals surface area contributed by atoms with E-state index in [-0.39, 0.29) is 11.5 Å². The number of nitrogens with two attached hydrogens (primary N) is 1. The second-order valence-electron chi connectivity index (χ2n) is 5.74. The van der Waals surface area contributed by atoms with Crippen molar-refractivity contribution >= 4 is 27.5 Å². The summed E-state index contributed by atoms with van der Waals surface area (Å²) in [5, 5.41) is 0. The van der Waals surface area contributed by atoms with Gasteiger partial charge in [-0.05, 0) is 48.7 Å². The maximum atomic E-state index is 12.3. The molecular formula is C18H19N3O3S. The summed E-state index contributed by atoms with van der Waals surface area (Å²) in [5.74, 6) is 1.12. The van der Waals surface area contributed by atoms with E-state index in [1.165, 1.54) is 11.3 Å². The lowest BCUT2D eigenvalue weighted by molar-refractivity contribution is -0.118. The van der Waals surface area contributed by atoms with Crippen LogP contribution in [0.1, 0.15) is 25.1 Å². The summed E-state index contributed by atoms with van der Waals surface area (Å²) in [6, 6.07) is 9.64. The minimum Gasteiger partial charge on any atom is -0.497 e. The van der Waals surface area contributed by atoms with Crippen LogP contribution in [0.15, 0.2) is 35.1 Å². The predicted molar refractivity (Wildman–Crippen MR) is 99.0 cm³/mol. The number of methoxy groups -OCH3 is 1. The molecule has 3 rings (SSSR count). The normalized spacial score (nSPS) is 10.9. The van der Waals surface area contributed by atoms with Crippen LogP contribution >= 0.6 is 11.3 Å². The van der Waals surface area contributed by atoms with Crippen molar-refractivity contribution < 1.29 is 9.53 Å². The van der Waals surface area contributed by atoms with E-state index >= 15 is 0 Å². The highest BCUT2D eigenvalue weighted by atomic mass is 32.1. The number of rotatable bonds is 7. The van der Waals surface area contributed by atoms with Crippen LogP contribution in [-0.2, 0) is 11.2 Å². The van der Waals surface area contributed by atoms with E-state index < -0.39 is 0 Å². The highest BCUT2D eigenvalue weighted by Gasteiger charge is 2.10. The molecule has 7 heteroatoms. The third-order valence-electron chi connectivity index (χ3n) is 3.89. The van der Waals surface area contributed by atoms with Gasteiger partial charge in [0.1, 0.15) is 16.3 Å². The van der Waals surface area contributed by atoms with Crippen molar-refractivity contribution in [2.75, 3.05) is 7.11 Å². The topological polar surface area (TPSA) is 98.1 Å². The van der Waals surface area contributed by atoms with Gasteiger partial charge in [-0.15, -0.1) is 11.3 Å². The number of aromatic nitrogens is 2. The van der Waals surface area contributed by atoms with Crippen LogP contribution in [0.3, 0.4) is 0 Å². The highest BCUT2D eigenvalue weighted by Crippen LogP contribution is 2.31. The number of primary amides is 1. The number of benzene rings is 1. The minimum absolute atomic E-state index is 0.125. The van der Waals surface area contributed by atoms with E-state index in [4.69, 9.17) is 10.5 Å². The Kier molecular flexibility index (Phi) is 5.14. The zero-order chi connectivity index (χ0) is 17.8. The molecular weight excluding hydrogens is 338 g/mol. The number of nitrogens with zero attached hydrogens (tertiary/aromatic N) is 1. The largest absolute Gasteiger partial charge is 0.497 e. The Morgan fingerprint density at radius 1 is 1.28 bits per heavy atom. The molecule has 0 saturated carbocycles. The summed E-state index contributed by atoms with van der Waals surface area (Å²) in [6.45, 7) is 0. The van der Waals surface area contributed by atoms with E-state index in [9.17, 15) is 9.59 Å². The SMILES string of the molecule is COc1ccc(-c2cc3nc(CCCCC(N)=O)[nH]c(=O)c3s2)cc1. The number of aromatic amines is 1. The number of thiophene rings is 1. The number of unbranched alkanes of at least 4 members (excludes halogenated alkanes) is 1. The molecule has 2 aromatic heterocycles. The van der Waals surface area contributed by atoms with Crippen LogP contribution in [-0.4, -0.2) is 23.0 Å². The molecule has 0 spiro atoms. The number of fused-ring (bicyclic) bond motifs is 1. The molecule has 3 aromatic rings. The Morgan fingerprint density at radius 2 is 2.04 bits per heavy atom. The molecule has 0 unspecified atom stereocenters. The molecule has 130 valence electrons. The maximum absolute atomic E-state index is 12.3. The van der Waals surface area contributed by atoms with Gasteiger partial charge in [0, 0.05) is 17.7 Å². The molecule has 0 radical (unpaired) electrons. The first kappa shape index (κ1) is 17.2. The van der Waals surface area contributed by atoms with Crippen LogP contribution < -0.4 is 16.0 Å².